The first-order valence-electron chi connectivity index (χ1n) is 5.94. The van der Waals surface area contributed by atoms with Gasteiger partial charge >= 0.3 is 0 Å². The molecule has 0 radical (unpaired) electrons. The maximum absolute atomic E-state index is 8.88. The first kappa shape index (κ1) is 13.9. The van der Waals surface area contributed by atoms with Crippen LogP contribution in [0.4, 0.5) is 0 Å². The van der Waals surface area contributed by atoms with Crippen molar-refractivity contribution < 1.29 is 19.3 Å². The van der Waals surface area contributed by atoms with Gasteiger partial charge in [-0.1, -0.05) is 0 Å². The van der Waals surface area contributed by atoms with E-state index in [1.165, 1.54) is 0 Å². The number of thiazole rings is 1. The van der Waals surface area contributed by atoms with Crippen molar-refractivity contribution in [1.82, 2.24) is 4.98 Å². The first-order chi connectivity index (χ1) is 9.24. The van der Waals surface area contributed by atoms with Crippen LogP contribution in [-0.2, 0) is 6.42 Å². The molecule has 0 unspecified atom stereocenters. The molecule has 0 saturated heterocycles. The van der Waals surface area contributed by atoms with Crippen LogP contribution in [0.3, 0.4) is 0 Å². The van der Waals surface area contributed by atoms with Crippen LogP contribution < -0.4 is 14.2 Å². The zero-order valence-corrected chi connectivity index (χ0v) is 12.0. The minimum absolute atomic E-state index is 0.166. The number of aryl methyl sites for hydroxylation is 1. The van der Waals surface area contributed by atoms with E-state index in [2.05, 4.69) is 4.98 Å². The quantitative estimate of drug-likeness (QED) is 0.881. The van der Waals surface area contributed by atoms with Gasteiger partial charge in [0.1, 0.15) is 4.70 Å². The maximum atomic E-state index is 8.88. The molecule has 1 aromatic carbocycles. The number of methoxy groups -OCH3 is 3. The predicted molar refractivity (Wildman–Crippen MR) is 74.7 cm³/mol. The topological polar surface area (TPSA) is 60.8 Å². The highest BCUT2D eigenvalue weighted by atomic mass is 32.1. The molecule has 0 fully saturated rings. The van der Waals surface area contributed by atoms with Crippen LogP contribution in [-0.4, -0.2) is 38.0 Å². The van der Waals surface area contributed by atoms with Crippen LogP contribution in [0.25, 0.3) is 10.2 Å². The number of aliphatic hydroxyl groups excluding tert-OH is 1. The Morgan fingerprint density at radius 3 is 2.47 bits per heavy atom. The fourth-order valence-corrected chi connectivity index (χ4v) is 3.01. The van der Waals surface area contributed by atoms with Crippen LogP contribution in [0.5, 0.6) is 17.2 Å². The van der Waals surface area contributed by atoms with E-state index in [1.807, 2.05) is 6.07 Å². The number of aliphatic hydroxyl groups is 1. The Hall–Kier alpha value is -1.53. The summed E-state index contributed by atoms with van der Waals surface area (Å²) in [5.41, 5.74) is 0.826. The summed E-state index contributed by atoms with van der Waals surface area (Å²) >= 11 is 1.55. The SMILES string of the molecule is COc1cc2nc(CCCO)sc2c(OC)c1OC. The van der Waals surface area contributed by atoms with E-state index in [1.54, 1.807) is 32.7 Å². The van der Waals surface area contributed by atoms with Gasteiger partial charge in [0.25, 0.3) is 0 Å². The summed E-state index contributed by atoms with van der Waals surface area (Å²) in [6, 6.07) is 1.84. The summed E-state index contributed by atoms with van der Waals surface area (Å²) in [6.07, 6.45) is 1.46. The van der Waals surface area contributed by atoms with Crippen molar-refractivity contribution >= 4 is 21.6 Å². The molecular weight excluding hydrogens is 266 g/mol. The molecule has 0 aliphatic heterocycles. The van der Waals surface area contributed by atoms with Crippen molar-refractivity contribution in [3.05, 3.63) is 11.1 Å². The van der Waals surface area contributed by atoms with Gasteiger partial charge in [-0.3, -0.25) is 0 Å². The minimum Gasteiger partial charge on any atom is -0.493 e. The van der Waals surface area contributed by atoms with E-state index in [-0.39, 0.29) is 6.61 Å². The van der Waals surface area contributed by atoms with Crippen molar-refractivity contribution in [3.63, 3.8) is 0 Å². The number of nitrogens with zero attached hydrogens (tertiary/aromatic N) is 1. The van der Waals surface area contributed by atoms with Crippen molar-refractivity contribution in [2.24, 2.45) is 0 Å². The average Bonchev–Trinajstić information content (AvgIpc) is 2.85. The number of rotatable bonds is 6. The predicted octanol–water partition coefficient (Wildman–Crippen LogP) is 2.25. The monoisotopic (exact) mass is 283 g/mol. The normalized spacial score (nSPS) is 10.7. The standard InChI is InChI=1S/C13H17NO4S/c1-16-9-7-8-13(12(18-3)11(9)17-2)19-10(14-8)5-4-6-15/h7,15H,4-6H2,1-3H3. The first-order valence-corrected chi connectivity index (χ1v) is 6.76. The van der Waals surface area contributed by atoms with E-state index in [4.69, 9.17) is 19.3 Å². The van der Waals surface area contributed by atoms with E-state index < -0.39 is 0 Å². The molecule has 5 nitrogen and oxygen atoms in total. The van der Waals surface area contributed by atoms with E-state index in [0.29, 0.717) is 23.7 Å². The molecule has 104 valence electrons. The summed E-state index contributed by atoms with van der Waals surface area (Å²) in [7, 11) is 4.77. The lowest BCUT2D eigenvalue weighted by atomic mass is 10.2. The highest BCUT2D eigenvalue weighted by molar-refractivity contribution is 7.19. The molecule has 0 spiro atoms. The second kappa shape index (κ2) is 6.08. The Labute approximate surface area is 115 Å². The van der Waals surface area contributed by atoms with Gasteiger partial charge in [0.15, 0.2) is 11.5 Å². The number of benzene rings is 1. The Morgan fingerprint density at radius 2 is 1.89 bits per heavy atom. The second-order valence-electron chi connectivity index (χ2n) is 3.93. The van der Waals surface area contributed by atoms with Gasteiger partial charge in [-0.2, -0.15) is 0 Å². The highest BCUT2D eigenvalue weighted by Gasteiger charge is 2.19. The highest BCUT2D eigenvalue weighted by Crippen LogP contribution is 2.45. The van der Waals surface area contributed by atoms with Crippen LogP contribution in [0.15, 0.2) is 6.07 Å². The Kier molecular flexibility index (Phi) is 4.44. The summed E-state index contributed by atoms with van der Waals surface area (Å²) < 4.78 is 17.0. The molecule has 2 rings (SSSR count). The van der Waals surface area contributed by atoms with Gasteiger partial charge in [0.2, 0.25) is 5.75 Å². The molecule has 1 heterocycles. The van der Waals surface area contributed by atoms with Gasteiger partial charge in [-0.25, -0.2) is 4.98 Å². The fourth-order valence-electron chi connectivity index (χ4n) is 1.91. The lowest BCUT2D eigenvalue weighted by Crippen LogP contribution is -1.94. The molecule has 1 N–H and O–H groups in total. The van der Waals surface area contributed by atoms with Gasteiger partial charge in [-0.15, -0.1) is 11.3 Å². The summed E-state index contributed by atoms with van der Waals surface area (Å²) in [5.74, 6) is 1.82. The summed E-state index contributed by atoms with van der Waals surface area (Å²) in [6.45, 7) is 0.166. The van der Waals surface area contributed by atoms with E-state index in [0.717, 1.165) is 21.6 Å². The molecular formula is C13H17NO4S. The third-order valence-corrected chi connectivity index (χ3v) is 3.91. The summed E-state index contributed by atoms with van der Waals surface area (Å²) in [4.78, 5) is 4.53. The van der Waals surface area contributed by atoms with Crippen molar-refractivity contribution in [2.75, 3.05) is 27.9 Å². The third-order valence-electron chi connectivity index (χ3n) is 2.78. The Balaban J connectivity index is 2.56. The maximum Gasteiger partial charge on any atom is 0.204 e. The zero-order chi connectivity index (χ0) is 13.8. The minimum atomic E-state index is 0.166. The number of hydrogen-bond acceptors (Lipinski definition) is 6. The lowest BCUT2D eigenvalue weighted by Gasteiger charge is -2.11. The van der Waals surface area contributed by atoms with Gasteiger partial charge in [0, 0.05) is 19.1 Å². The van der Waals surface area contributed by atoms with Crippen molar-refractivity contribution in [3.8, 4) is 17.2 Å². The number of hydrogen-bond donors (Lipinski definition) is 1. The lowest BCUT2D eigenvalue weighted by molar-refractivity contribution is 0.288. The molecule has 0 aliphatic rings. The summed E-state index contributed by atoms with van der Waals surface area (Å²) in [5, 5.41) is 9.85. The van der Waals surface area contributed by atoms with Crippen LogP contribution in [0.1, 0.15) is 11.4 Å². The Bertz CT molecular complexity index is 567. The zero-order valence-electron chi connectivity index (χ0n) is 11.2. The fraction of sp³-hybridized carbons (Fsp3) is 0.462. The molecule has 19 heavy (non-hydrogen) atoms. The van der Waals surface area contributed by atoms with Gasteiger partial charge in [-0.05, 0) is 6.42 Å². The number of aromatic nitrogens is 1. The molecule has 2 aromatic rings. The van der Waals surface area contributed by atoms with Crippen molar-refractivity contribution in [1.29, 1.82) is 0 Å². The molecule has 0 bridgehead atoms. The number of fused-ring (bicyclic) bond motifs is 1. The molecule has 1 aromatic heterocycles. The smallest absolute Gasteiger partial charge is 0.204 e. The van der Waals surface area contributed by atoms with Crippen LogP contribution in [0.2, 0.25) is 0 Å². The van der Waals surface area contributed by atoms with E-state index in [9.17, 15) is 0 Å². The Morgan fingerprint density at radius 1 is 1.16 bits per heavy atom. The second-order valence-corrected chi connectivity index (χ2v) is 5.01. The molecule has 6 heteroatoms. The largest absolute Gasteiger partial charge is 0.493 e. The van der Waals surface area contributed by atoms with Gasteiger partial charge in [0.05, 0.1) is 31.9 Å². The molecule has 0 saturated carbocycles. The third kappa shape index (κ3) is 2.59. The molecule has 0 atom stereocenters. The number of ether oxygens (including phenoxy) is 3. The molecule has 0 amide bonds. The van der Waals surface area contributed by atoms with Gasteiger partial charge < -0.3 is 19.3 Å². The van der Waals surface area contributed by atoms with E-state index >= 15 is 0 Å². The van der Waals surface area contributed by atoms with Crippen LogP contribution >= 0.6 is 11.3 Å². The van der Waals surface area contributed by atoms with Crippen molar-refractivity contribution in [2.45, 2.75) is 12.8 Å². The average molecular weight is 283 g/mol. The molecule has 0 aliphatic carbocycles. The van der Waals surface area contributed by atoms with Crippen LogP contribution in [0, 0.1) is 0 Å².